The van der Waals surface area contributed by atoms with Gasteiger partial charge in [-0.2, -0.15) is 0 Å². The Morgan fingerprint density at radius 3 is 2.28 bits per heavy atom. The molecular formula is C24H26Cl2N2O. The first-order chi connectivity index (χ1) is 13.9. The predicted octanol–water partition coefficient (Wildman–Crippen LogP) is 7.25. The zero-order chi connectivity index (χ0) is 21.1. The van der Waals surface area contributed by atoms with Crippen LogP contribution in [-0.2, 0) is 0 Å². The molecule has 2 atom stereocenters. The van der Waals surface area contributed by atoms with E-state index in [1.165, 1.54) is 0 Å². The average molecular weight is 429 g/mol. The number of fused-ring (bicyclic) bond motifs is 1. The van der Waals surface area contributed by atoms with Crippen LogP contribution in [-0.4, -0.2) is 27.9 Å². The molecular weight excluding hydrogens is 403 g/mol. The second kappa shape index (κ2) is 9.15. The summed E-state index contributed by atoms with van der Waals surface area (Å²) in [6, 6.07) is 15.2. The quantitative estimate of drug-likeness (QED) is 0.414. The fraction of sp³-hybridized carbons (Fsp3) is 0.333. The van der Waals surface area contributed by atoms with Crippen molar-refractivity contribution in [2.75, 3.05) is 0 Å². The Morgan fingerprint density at radius 1 is 1.00 bits per heavy atom. The molecule has 0 spiro atoms. The smallest absolute Gasteiger partial charge is 0.255 e. The topological polar surface area (TPSA) is 33.2 Å². The van der Waals surface area contributed by atoms with E-state index >= 15 is 0 Å². The summed E-state index contributed by atoms with van der Waals surface area (Å²) in [5, 5.41) is 1.93. The van der Waals surface area contributed by atoms with E-state index in [1.54, 1.807) is 12.1 Å². The van der Waals surface area contributed by atoms with Crippen molar-refractivity contribution >= 4 is 40.0 Å². The molecule has 1 heterocycles. The minimum Gasteiger partial charge on any atom is -0.333 e. The highest BCUT2D eigenvalue weighted by atomic mass is 35.5. The molecule has 0 saturated carbocycles. The molecule has 5 heteroatoms. The number of pyridine rings is 1. The summed E-state index contributed by atoms with van der Waals surface area (Å²) in [5.41, 5.74) is 2.85. The lowest BCUT2D eigenvalue weighted by Gasteiger charge is -2.34. The van der Waals surface area contributed by atoms with Gasteiger partial charge in [-0.15, -0.1) is 0 Å². The molecule has 152 valence electrons. The summed E-state index contributed by atoms with van der Waals surface area (Å²) >= 11 is 12.5. The maximum atomic E-state index is 13.7. The van der Waals surface area contributed by atoms with E-state index in [2.05, 4.69) is 27.7 Å². The van der Waals surface area contributed by atoms with E-state index in [1.807, 2.05) is 41.3 Å². The number of carbonyl (C=O) groups excluding carboxylic acids is 1. The minimum absolute atomic E-state index is 0.0265. The lowest BCUT2D eigenvalue weighted by molar-refractivity contribution is 0.0600. The Bertz CT molecular complexity index is 1020. The van der Waals surface area contributed by atoms with Gasteiger partial charge in [0.1, 0.15) is 0 Å². The maximum absolute atomic E-state index is 13.7. The molecule has 0 radical (unpaired) electrons. The largest absolute Gasteiger partial charge is 0.333 e. The third-order valence-electron chi connectivity index (χ3n) is 5.52. The molecule has 2 unspecified atom stereocenters. The molecule has 0 bridgehead atoms. The standard InChI is InChI=1S/C24H26Cl2N2O/c1-5-15(3)28(16(4)6-2)24(29)20-14-23(19-12-11-17(25)13-21(19)26)27-22-10-8-7-9-18(20)22/h7-16H,5-6H2,1-4H3. The molecule has 0 N–H and O–H groups in total. The van der Waals surface area contributed by atoms with Crippen LogP contribution in [0, 0.1) is 0 Å². The van der Waals surface area contributed by atoms with Gasteiger partial charge in [0.15, 0.2) is 0 Å². The Morgan fingerprint density at radius 2 is 1.66 bits per heavy atom. The van der Waals surface area contributed by atoms with Crippen molar-refractivity contribution in [1.29, 1.82) is 0 Å². The summed E-state index contributed by atoms with van der Waals surface area (Å²) < 4.78 is 0. The Hall–Kier alpha value is -2.10. The Labute approximate surface area is 182 Å². The van der Waals surface area contributed by atoms with Crippen LogP contribution >= 0.6 is 23.2 Å². The molecule has 0 aliphatic rings. The molecule has 0 fully saturated rings. The van der Waals surface area contributed by atoms with Crippen LogP contribution in [0.5, 0.6) is 0 Å². The number of nitrogens with zero attached hydrogens (tertiary/aromatic N) is 2. The van der Waals surface area contributed by atoms with Crippen molar-refractivity contribution in [2.45, 2.75) is 52.6 Å². The molecule has 2 aromatic carbocycles. The van der Waals surface area contributed by atoms with Crippen LogP contribution in [0.15, 0.2) is 48.5 Å². The summed E-state index contributed by atoms with van der Waals surface area (Å²) in [6.45, 7) is 8.42. The summed E-state index contributed by atoms with van der Waals surface area (Å²) in [5.74, 6) is 0.0265. The van der Waals surface area contributed by atoms with E-state index in [4.69, 9.17) is 28.2 Å². The number of hydrogen-bond acceptors (Lipinski definition) is 2. The average Bonchev–Trinajstić information content (AvgIpc) is 2.72. The van der Waals surface area contributed by atoms with Gasteiger partial charge in [-0.3, -0.25) is 4.79 Å². The van der Waals surface area contributed by atoms with Crippen molar-refractivity contribution in [1.82, 2.24) is 9.88 Å². The monoisotopic (exact) mass is 428 g/mol. The number of hydrogen-bond donors (Lipinski definition) is 0. The Kier molecular flexibility index (Phi) is 6.81. The molecule has 3 nitrogen and oxygen atoms in total. The molecule has 3 aromatic rings. The van der Waals surface area contributed by atoms with E-state index in [-0.39, 0.29) is 18.0 Å². The lowest BCUT2D eigenvalue weighted by Crippen LogP contribution is -2.44. The van der Waals surface area contributed by atoms with E-state index < -0.39 is 0 Å². The number of amides is 1. The van der Waals surface area contributed by atoms with Crippen molar-refractivity contribution < 1.29 is 4.79 Å². The van der Waals surface area contributed by atoms with Gasteiger partial charge >= 0.3 is 0 Å². The fourth-order valence-electron chi connectivity index (χ4n) is 3.55. The molecule has 1 aromatic heterocycles. The summed E-state index contributed by atoms with van der Waals surface area (Å²) in [7, 11) is 0. The SMILES string of the molecule is CCC(C)N(C(=O)c1cc(-c2ccc(Cl)cc2Cl)nc2ccccc12)C(C)CC. The molecule has 29 heavy (non-hydrogen) atoms. The molecule has 0 saturated heterocycles. The minimum atomic E-state index is 0.0265. The van der Waals surface area contributed by atoms with Crippen molar-refractivity contribution in [3.05, 3.63) is 64.1 Å². The number of carbonyl (C=O) groups is 1. The van der Waals surface area contributed by atoms with Crippen LogP contribution in [0.3, 0.4) is 0 Å². The van der Waals surface area contributed by atoms with Gasteiger partial charge in [-0.05, 0) is 57.0 Å². The highest BCUT2D eigenvalue weighted by Gasteiger charge is 2.27. The highest BCUT2D eigenvalue weighted by Crippen LogP contribution is 2.32. The summed E-state index contributed by atoms with van der Waals surface area (Å²) in [6.07, 6.45) is 1.80. The van der Waals surface area contributed by atoms with Gasteiger partial charge in [0.05, 0.1) is 21.8 Å². The van der Waals surface area contributed by atoms with Crippen molar-refractivity contribution in [3.8, 4) is 11.3 Å². The number of halogens is 2. The van der Waals surface area contributed by atoms with E-state index in [0.717, 1.165) is 29.3 Å². The van der Waals surface area contributed by atoms with Crippen LogP contribution in [0.25, 0.3) is 22.2 Å². The van der Waals surface area contributed by atoms with Crippen molar-refractivity contribution in [2.24, 2.45) is 0 Å². The van der Waals surface area contributed by atoms with E-state index in [9.17, 15) is 4.79 Å². The van der Waals surface area contributed by atoms with Gasteiger partial charge in [0, 0.05) is 28.1 Å². The Balaban J connectivity index is 2.21. The van der Waals surface area contributed by atoms with E-state index in [0.29, 0.717) is 21.3 Å². The van der Waals surface area contributed by atoms with Gasteiger partial charge < -0.3 is 4.90 Å². The molecule has 3 rings (SSSR count). The second-order valence-corrected chi connectivity index (χ2v) is 8.27. The van der Waals surface area contributed by atoms with Gasteiger partial charge in [-0.25, -0.2) is 4.98 Å². The number of benzene rings is 2. The summed E-state index contributed by atoms with van der Waals surface area (Å²) in [4.78, 5) is 20.5. The number of para-hydroxylation sites is 1. The lowest BCUT2D eigenvalue weighted by atomic mass is 10.0. The van der Waals surface area contributed by atoms with Crippen LogP contribution in [0.1, 0.15) is 50.9 Å². The zero-order valence-electron chi connectivity index (χ0n) is 17.2. The maximum Gasteiger partial charge on any atom is 0.255 e. The highest BCUT2D eigenvalue weighted by molar-refractivity contribution is 6.36. The zero-order valence-corrected chi connectivity index (χ0v) is 18.8. The molecule has 1 amide bonds. The second-order valence-electron chi connectivity index (χ2n) is 7.42. The van der Waals surface area contributed by atoms with Crippen LogP contribution in [0.2, 0.25) is 10.0 Å². The van der Waals surface area contributed by atoms with Crippen molar-refractivity contribution in [3.63, 3.8) is 0 Å². The van der Waals surface area contributed by atoms with Gasteiger partial charge in [0.2, 0.25) is 0 Å². The fourth-order valence-corrected chi connectivity index (χ4v) is 4.06. The van der Waals surface area contributed by atoms with Gasteiger partial charge in [0.25, 0.3) is 5.91 Å². The first-order valence-corrected chi connectivity index (χ1v) is 10.8. The first kappa shape index (κ1) is 21.6. The molecule has 0 aliphatic heterocycles. The van der Waals surface area contributed by atoms with Gasteiger partial charge in [-0.1, -0.05) is 55.2 Å². The van der Waals surface area contributed by atoms with Crippen LogP contribution in [0.4, 0.5) is 0 Å². The first-order valence-electron chi connectivity index (χ1n) is 10.0. The normalized spacial score (nSPS) is 13.3. The molecule has 0 aliphatic carbocycles. The number of aromatic nitrogens is 1. The van der Waals surface area contributed by atoms with Crippen LogP contribution < -0.4 is 0 Å². The predicted molar refractivity (Wildman–Crippen MR) is 123 cm³/mol. The number of rotatable bonds is 6. The third-order valence-corrected chi connectivity index (χ3v) is 6.07. The third kappa shape index (κ3) is 4.41.